The van der Waals surface area contributed by atoms with Gasteiger partial charge in [-0.25, -0.2) is 0 Å². The number of H-pyrrole nitrogens is 1. The number of hydrogen-bond donors (Lipinski definition) is 2. The first-order valence-electron chi connectivity index (χ1n) is 9.81. The molecule has 0 saturated carbocycles. The minimum Gasteiger partial charge on any atom is -0.493 e. The quantitative estimate of drug-likeness (QED) is 0.571. The Morgan fingerprint density at radius 3 is 2.38 bits per heavy atom. The first-order chi connectivity index (χ1) is 14.1. The van der Waals surface area contributed by atoms with E-state index in [-0.39, 0.29) is 5.91 Å². The van der Waals surface area contributed by atoms with E-state index in [9.17, 15) is 4.79 Å². The van der Waals surface area contributed by atoms with Crippen LogP contribution < -0.4 is 19.5 Å². The van der Waals surface area contributed by atoms with E-state index in [0.717, 1.165) is 23.2 Å². The van der Waals surface area contributed by atoms with E-state index in [2.05, 4.69) is 10.3 Å². The SMILES string of the molecule is COc1cc(NC(=O)c2c(C)sc3c4c([nH]c23)CCCCC4)cc(OC)c1OC. The average molecular weight is 415 g/mol. The van der Waals surface area contributed by atoms with Gasteiger partial charge in [0, 0.05) is 28.4 Å². The molecule has 29 heavy (non-hydrogen) atoms. The summed E-state index contributed by atoms with van der Waals surface area (Å²) < 4.78 is 17.4. The molecule has 2 N–H and O–H groups in total. The van der Waals surface area contributed by atoms with Crippen molar-refractivity contribution in [1.29, 1.82) is 0 Å². The van der Waals surface area contributed by atoms with E-state index in [4.69, 9.17) is 14.2 Å². The van der Waals surface area contributed by atoms with Crippen molar-refractivity contribution in [2.75, 3.05) is 26.6 Å². The zero-order chi connectivity index (χ0) is 20.5. The summed E-state index contributed by atoms with van der Waals surface area (Å²) in [5, 5.41) is 3.00. The van der Waals surface area contributed by atoms with Gasteiger partial charge in [0.25, 0.3) is 5.91 Å². The van der Waals surface area contributed by atoms with Crippen molar-refractivity contribution in [3.63, 3.8) is 0 Å². The topological polar surface area (TPSA) is 72.6 Å². The van der Waals surface area contributed by atoms with Crippen LogP contribution in [0.4, 0.5) is 5.69 Å². The highest BCUT2D eigenvalue weighted by molar-refractivity contribution is 7.19. The first-order valence-corrected chi connectivity index (χ1v) is 10.6. The predicted molar refractivity (Wildman–Crippen MR) is 116 cm³/mol. The molecular weight excluding hydrogens is 388 g/mol. The summed E-state index contributed by atoms with van der Waals surface area (Å²) in [6.07, 6.45) is 5.83. The largest absolute Gasteiger partial charge is 0.493 e. The normalized spacial score (nSPS) is 13.7. The number of aryl methyl sites for hydroxylation is 3. The molecule has 3 aromatic rings. The van der Waals surface area contributed by atoms with Crippen LogP contribution in [-0.4, -0.2) is 32.2 Å². The van der Waals surface area contributed by atoms with Crippen LogP contribution in [0.1, 0.15) is 45.8 Å². The van der Waals surface area contributed by atoms with Crippen molar-refractivity contribution < 1.29 is 19.0 Å². The summed E-state index contributed by atoms with van der Waals surface area (Å²) in [5.41, 5.74) is 4.97. The number of hydrogen-bond acceptors (Lipinski definition) is 5. The van der Waals surface area contributed by atoms with Gasteiger partial charge in [-0.15, -0.1) is 11.3 Å². The summed E-state index contributed by atoms with van der Waals surface area (Å²) >= 11 is 1.71. The molecule has 7 heteroatoms. The summed E-state index contributed by atoms with van der Waals surface area (Å²) in [6.45, 7) is 2.01. The molecule has 0 aliphatic heterocycles. The second-order valence-corrected chi connectivity index (χ2v) is 8.47. The molecule has 4 rings (SSSR count). The lowest BCUT2D eigenvalue weighted by atomic mass is 10.1. The van der Waals surface area contributed by atoms with Crippen molar-refractivity contribution in [2.45, 2.75) is 39.0 Å². The van der Waals surface area contributed by atoms with E-state index < -0.39 is 0 Å². The van der Waals surface area contributed by atoms with Gasteiger partial charge >= 0.3 is 0 Å². The first kappa shape index (κ1) is 19.6. The second kappa shape index (κ2) is 7.99. The zero-order valence-corrected chi connectivity index (χ0v) is 18.0. The zero-order valence-electron chi connectivity index (χ0n) is 17.2. The van der Waals surface area contributed by atoms with Gasteiger partial charge in [0.05, 0.1) is 37.1 Å². The Balaban J connectivity index is 1.71. The maximum Gasteiger partial charge on any atom is 0.258 e. The van der Waals surface area contributed by atoms with Gasteiger partial charge < -0.3 is 24.5 Å². The van der Waals surface area contributed by atoms with E-state index in [0.29, 0.717) is 28.5 Å². The predicted octanol–water partition coefficient (Wildman–Crippen LogP) is 5.08. The number of aromatic nitrogens is 1. The third kappa shape index (κ3) is 3.44. The van der Waals surface area contributed by atoms with E-state index in [1.54, 1.807) is 44.8 Å². The van der Waals surface area contributed by atoms with Crippen molar-refractivity contribution in [3.05, 3.63) is 33.8 Å². The number of rotatable bonds is 5. The number of nitrogens with one attached hydrogen (secondary N) is 2. The minimum atomic E-state index is -0.139. The molecule has 0 bridgehead atoms. The average Bonchev–Trinajstić information content (AvgIpc) is 3.09. The molecule has 1 aromatic carbocycles. The summed E-state index contributed by atoms with van der Waals surface area (Å²) in [7, 11) is 4.67. The molecule has 154 valence electrons. The molecule has 6 nitrogen and oxygen atoms in total. The Bertz CT molecular complexity index is 1040. The van der Waals surface area contributed by atoms with Crippen LogP contribution in [0.5, 0.6) is 17.2 Å². The molecular formula is C22H26N2O4S. The third-order valence-electron chi connectivity index (χ3n) is 5.50. The van der Waals surface area contributed by atoms with Gasteiger partial charge in [-0.3, -0.25) is 4.79 Å². The van der Waals surface area contributed by atoms with Gasteiger partial charge in [0.2, 0.25) is 5.75 Å². The Labute approximate surface area is 174 Å². The molecule has 1 aliphatic carbocycles. The number of benzene rings is 1. The number of thiophene rings is 1. The van der Waals surface area contributed by atoms with Gasteiger partial charge in [-0.2, -0.15) is 0 Å². The van der Waals surface area contributed by atoms with E-state index in [1.165, 1.54) is 35.2 Å². The van der Waals surface area contributed by atoms with Gasteiger partial charge in [0.15, 0.2) is 11.5 Å². The second-order valence-electron chi connectivity index (χ2n) is 7.25. The van der Waals surface area contributed by atoms with Crippen molar-refractivity contribution in [1.82, 2.24) is 4.98 Å². The number of fused-ring (bicyclic) bond motifs is 3. The van der Waals surface area contributed by atoms with E-state index >= 15 is 0 Å². The van der Waals surface area contributed by atoms with Crippen LogP contribution in [0, 0.1) is 6.92 Å². The van der Waals surface area contributed by atoms with Crippen molar-refractivity contribution in [3.8, 4) is 17.2 Å². The van der Waals surface area contributed by atoms with Gasteiger partial charge in [0.1, 0.15) is 0 Å². The highest BCUT2D eigenvalue weighted by atomic mass is 32.1. The lowest BCUT2D eigenvalue weighted by Crippen LogP contribution is -2.13. The molecule has 0 radical (unpaired) electrons. The minimum absolute atomic E-state index is 0.139. The number of aromatic amines is 1. The monoisotopic (exact) mass is 414 g/mol. The number of anilines is 1. The lowest BCUT2D eigenvalue weighted by Gasteiger charge is -2.14. The smallest absolute Gasteiger partial charge is 0.258 e. The number of amides is 1. The molecule has 0 saturated heterocycles. The van der Waals surface area contributed by atoms with Crippen LogP contribution in [0.3, 0.4) is 0 Å². The lowest BCUT2D eigenvalue weighted by molar-refractivity contribution is 0.102. The fourth-order valence-electron chi connectivity index (χ4n) is 4.12. The molecule has 2 heterocycles. The Kier molecular flexibility index (Phi) is 5.41. The molecule has 0 unspecified atom stereocenters. The molecule has 0 spiro atoms. The molecule has 0 atom stereocenters. The Morgan fingerprint density at radius 2 is 1.72 bits per heavy atom. The summed E-state index contributed by atoms with van der Waals surface area (Å²) in [4.78, 5) is 17.8. The maximum absolute atomic E-state index is 13.2. The fraction of sp³-hybridized carbons (Fsp3) is 0.409. The Hall–Kier alpha value is -2.67. The highest BCUT2D eigenvalue weighted by Gasteiger charge is 2.24. The van der Waals surface area contributed by atoms with Crippen LogP contribution in [0.15, 0.2) is 12.1 Å². The standard InChI is InChI=1S/C22H26N2O4S/c1-12-18(19-21(29-12)14-8-6-5-7-9-15(14)24-19)22(25)23-13-10-16(26-2)20(28-4)17(11-13)27-3/h10-11,24H,5-9H2,1-4H3,(H,23,25). The van der Waals surface area contributed by atoms with Crippen LogP contribution in [0.25, 0.3) is 10.2 Å². The van der Waals surface area contributed by atoms with E-state index in [1.807, 2.05) is 6.92 Å². The number of methoxy groups -OCH3 is 3. The van der Waals surface area contributed by atoms with Crippen LogP contribution in [0.2, 0.25) is 0 Å². The number of carbonyl (C=O) groups is 1. The number of carbonyl (C=O) groups excluding carboxylic acids is 1. The molecule has 1 amide bonds. The molecule has 1 aliphatic rings. The van der Waals surface area contributed by atoms with Gasteiger partial charge in [-0.05, 0) is 38.2 Å². The highest BCUT2D eigenvalue weighted by Crippen LogP contribution is 2.41. The van der Waals surface area contributed by atoms with Gasteiger partial charge in [-0.1, -0.05) is 6.42 Å². The number of ether oxygens (including phenoxy) is 3. The van der Waals surface area contributed by atoms with Crippen molar-refractivity contribution >= 4 is 33.1 Å². The summed E-state index contributed by atoms with van der Waals surface area (Å²) in [5.74, 6) is 1.36. The fourth-order valence-corrected chi connectivity index (χ4v) is 5.32. The maximum atomic E-state index is 13.2. The van der Waals surface area contributed by atoms with Crippen LogP contribution >= 0.6 is 11.3 Å². The molecule has 0 fully saturated rings. The third-order valence-corrected chi connectivity index (χ3v) is 6.67. The summed E-state index contributed by atoms with van der Waals surface area (Å²) in [6, 6.07) is 3.48. The van der Waals surface area contributed by atoms with Crippen LogP contribution in [-0.2, 0) is 12.8 Å². The Morgan fingerprint density at radius 1 is 1.03 bits per heavy atom. The molecule has 2 aromatic heterocycles. The van der Waals surface area contributed by atoms with Crippen molar-refractivity contribution in [2.24, 2.45) is 0 Å².